The van der Waals surface area contributed by atoms with Gasteiger partial charge in [0.05, 0.1) is 0 Å². The lowest BCUT2D eigenvalue weighted by atomic mass is 10.2. The Morgan fingerprint density at radius 2 is 2.33 bits per heavy atom. The van der Waals surface area contributed by atoms with Crippen LogP contribution in [-0.4, -0.2) is 0 Å². The number of halogens is 2. The summed E-state index contributed by atoms with van der Waals surface area (Å²) in [6, 6.07) is 5.22. The van der Waals surface area contributed by atoms with Crippen LogP contribution in [0.15, 0.2) is 23.3 Å². The molecule has 0 fully saturated rings. The van der Waals surface area contributed by atoms with Gasteiger partial charge in [-0.05, 0) is 23.2 Å². The van der Waals surface area contributed by atoms with Crippen molar-refractivity contribution in [1.29, 1.82) is 0 Å². The van der Waals surface area contributed by atoms with Gasteiger partial charge >= 0.3 is 0 Å². The van der Waals surface area contributed by atoms with Crippen molar-refractivity contribution >= 4 is 33.2 Å². The van der Waals surface area contributed by atoms with E-state index in [2.05, 4.69) is 26.0 Å². The first-order valence-corrected chi connectivity index (χ1v) is 4.67. The van der Waals surface area contributed by atoms with Crippen molar-refractivity contribution in [2.75, 3.05) is 0 Å². The fraction of sp³-hybridized carbons (Fsp3) is 0.143. The second kappa shape index (κ2) is 4.36. The molecule has 0 N–H and O–H groups in total. The minimum atomic E-state index is 0.571. The van der Waals surface area contributed by atoms with Crippen molar-refractivity contribution < 1.29 is 0 Å². The molecule has 5 heteroatoms. The van der Waals surface area contributed by atoms with Crippen LogP contribution in [0.3, 0.4) is 0 Å². The molecule has 0 aromatic heterocycles. The van der Waals surface area contributed by atoms with Crippen LogP contribution in [0.1, 0.15) is 5.56 Å². The lowest BCUT2D eigenvalue weighted by Gasteiger charge is -2.00. The Morgan fingerprint density at radius 3 is 2.92 bits per heavy atom. The molecule has 0 spiro atoms. The van der Waals surface area contributed by atoms with Crippen LogP contribution in [0.5, 0.6) is 0 Å². The normalized spacial score (nSPS) is 9.17. The van der Waals surface area contributed by atoms with E-state index in [1.165, 1.54) is 0 Å². The number of azide groups is 1. The summed E-state index contributed by atoms with van der Waals surface area (Å²) in [7, 11) is 0. The van der Waals surface area contributed by atoms with Gasteiger partial charge in [0.15, 0.2) is 0 Å². The number of hydrogen-bond acceptors (Lipinski definition) is 1. The average molecular weight is 246 g/mol. The minimum absolute atomic E-state index is 0.571. The van der Waals surface area contributed by atoms with E-state index in [0.29, 0.717) is 16.0 Å². The highest BCUT2D eigenvalue weighted by Crippen LogP contribution is 2.25. The summed E-state index contributed by atoms with van der Waals surface area (Å²) < 4.78 is 0. The van der Waals surface area contributed by atoms with Crippen LogP contribution in [0, 0.1) is 0 Å². The fourth-order valence-corrected chi connectivity index (χ4v) is 1.43. The SMILES string of the molecule is [N-]=[N+]=Nc1cc(Cl)ccc1CBr. The number of alkyl halides is 1. The molecule has 0 saturated carbocycles. The van der Waals surface area contributed by atoms with Gasteiger partial charge in [-0.1, -0.05) is 38.7 Å². The van der Waals surface area contributed by atoms with Gasteiger partial charge in [0.1, 0.15) is 0 Å². The van der Waals surface area contributed by atoms with E-state index in [1.807, 2.05) is 6.07 Å². The summed E-state index contributed by atoms with van der Waals surface area (Å²) in [6.45, 7) is 0. The summed E-state index contributed by atoms with van der Waals surface area (Å²) in [6.07, 6.45) is 0. The van der Waals surface area contributed by atoms with Gasteiger partial charge in [-0.3, -0.25) is 0 Å². The van der Waals surface area contributed by atoms with Crippen LogP contribution in [0.25, 0.3) is 10.4 Å². The average Bonchev–Trinajstić information content (AvgIpc) is 2.05. The molecule has 1 aromatic rings. The zero-order valence-electron chi connectivity index (χ0n) is 6.04. The van der Waals surface area contributed by atoms with Crippen molar-refractivity contribution in [1.82, 2.24) is 0 Å². The fourth-order valence-electron chi connectivity index (χ4n) is 0.791. The minimum Gasteiger partial charge on any atom is -0.0876 e. The Balaban J connectivity index is 3.20. The predicted octanol–water partition coefficient (Wildman–Crippen LogP) is 4.18. The molecule has 1 rings (SSSR count). The van der Waals surface area contributed by atoms with Crippen LogP contribution in [-0.2, 0) is 5.33 Å². The molecule has 0 amide bonds. The van der Waals surface area contributed by atoms with E-state index in [9.17, 15) is 0 Å². The lowest BCUT2D eigenvalue weighted by Crippen LogP contribution is -1.77. The maximum atomic E-state index is 8.23. The Labute approximate surface area is 83.1 Å². The molecule has 1 aromatic carbocycles. The quantitative estimate of drug-likeness (QED) is 0.325. The third-order valence-electron chi connectivity index (χ3n) is 1.34. The second-order valence-corrected chi connectivity index (χ2v) is 3.09. The largest absolute Gasteiger partial charge is 0.0876 e. The molecule has 0 aliphatic carbocycles. The standard InChI is InChI=1S/C7H5BrClN3/c8-4-5-1-2-6(9)3-7(5)11-12-10/h1-3H,4H2. The van der Waals surface area contributed by atoms with E-state index in [-0.39, 0.29) is 0 Å². The van der Waals surface area contributed by atoms with Crippen LogP contribution in [0.2, 0.25) is 5.02 Å². The zero-order valence-corrected chi connectivity index (χ0v) is 8.38. The van der Waals surface area contributed by atoms with Gasteiger partial charge in [0.2, 0.25) is 0 Å². The Kier molecular flexibility index (Phi) is 3.41. The molecule has 0 aliphatic rings. The van der Waals surface area contributed by atoms with Gasteiger partial charge in [0.25, 0.3) is 0 Å². The van der Waals surface area contributed by atoms with E-state index < -0.39 is 0 Å². The lowest BCUT2D eigenvalue weighted by molar-refractivity contribution is 1.36. The topological polar surface area (TPSA) is 48.8 Å². The predicted molar refractivity (Wildman–Crippen MR) is 52.9 cm³/mol. The molecular formula is C7H5BrClN3. The Bertz CT molecular complexity index is 333. The highest BCUT2D eigenvalue weighted by molar-refractivity contribution is 9.08. The second-order valence-electron chi connectivity index (χ2n) is 2.10. The van der Waals surface area contributed by atoms with Crippen molar-refractivity contribution in [3.8, 4) is 0 Å². The number of rotatable bonds is 2. The summed E-state index contributed by atoms with van der Waals surface area (Å²) in [5.41, 5.74) is 9.73. The summed E-state index contributed by atoms with van der Waals surface area (Å²) in [5, 5.41) is 4.73. The Morgan fingerprint density at radius 1 is 1.58 bits per heavy atom. The van der Waals surface area contributed by atoms with Gasteiger partial charge < -0.3 is 0 Å². The molecule has 62 valence electrons. The summed E-state index contributed by atoms with van der Waals surface area (Å²) in [4.78, 5) is 2.70. The summed E-state index contributed by atoms with van der Waals surface area (Å²) in [5.74, 6) is 0. The first-order valence-electron chi connectivity index (χ1n) is 3.17. The van der Waals surface area contributed by atoms with Crippen molar-refractivity contribution in [3.63, 3.8) is 0 Å². The van der Waals surface area contributed by atoms with Crippen LogP contribution < -0.4 is 0 Å². The number of nitrogens with zero attached hydrogens (tertiary/aromatic N) is 3. The van der Waals surface area contributed by atoms with Crippen LogP contribution >= 0.6 is 27.5 Å². The Hall–Kier alpha value is -0.700. The third-order valence-corrected chi connectivity index (χ3v) is 2.18. The van der Waals surface area contributed by atoms with Gasteiger partial charge in [-0.25, -0.2) is 0 Å². The zero-order chi connectivity index (χ0) is 8.97. The van der Waals surface area contributed by atoms with Crippen molar-refractivity contribution in [2.45, 2.75) is 5.33 Å². The first-order chi connectivity index (χ1) is 5.77. The molecule has 12 heavy (non-hydrogen) atoms. The molecule has 0 atom stereocenters. The molecule has 0 saturated heterocycles. The van der Waals surface area contributed by atoms with E-state index in [0.717, 1.165) is 5.56 Å². The smallest absolute Gasteiger partial charge is 0.0430 e. The molecule has 0 heterocycles. The summed E-state index contributed by atoms with van der Waals surface area (Å²) >= 11 is 8.99. The van der Waals surface area contributed by atoms with Crippen LogP contribution in [0.4, 0.5) is 5.69 Å². The maximum Gasteiger partial charge on any atom is 0.0430 e. The van der Waals surface area contributed by atoms with Crippen molar-refractivity contribution in [2.24, 2.45) is 5.11 Å². The molecule has 3 nitrogen and oxygen atoms in total. The third kappa shape index (κ3) is 2.14. The first kappa shape index (κ1) is 9.39. The monoisotopic (exact) mass is 245 g/mol. The maximum absolute atomic E-state index is 8.23. The molecule has 0 unspecified atom stereocenters. The molecule has 0 bridgehead atoms. The highest BCUT2D eigenvalue weighted by Gasteiger charge is 1.98. The van der Waals surface area contributed by atoms with E-state index in [4.69, 9.17) is 17.1 Å². The highest BCUT2D eigenvalue weighted by atomic mass is 79.9. The van der Waals surface area contributed by atoms with Gasteiger partial charge in [-0.2, -0.15) is 0 Å². The van der Waals surface area contributed by atoms with Gasteiger partial charge in [0, 0.05) is 21.0 Å². The van der Waals surface area contributed by atoms with E-state index >= 15 is 0 Å². The molecule has 0 radical (unpaired) electrons. The van der Waals surface area contributed by atoms with Crippen molar-refractivity contribution in [3.05, 3.63) is 39.2 Å². The number of hydrogen-bond donors (Lipinski definition) is 0. The van der Waals surface area contributed by atoms with E-state index in [1.54, 1.807) is 12.1 Å². The van der Waals surface area contributed by atoms with Gasteiger partial charge in [-0.15, -0.1) is 0 Å². The molecule has 0 aliphatic heterocycles. The molecular weight excluding hydrogens is 241 g/mol. The number of benzene rings is 1.